The van der Waals surface area contributed by atoms with Crippen molar-refractivity contribution >= 4 is 32.6 Å². The van der Waals surface area contributed by atoms with Crippen LogP contribution in [-0.2, 0) is 0 Å². The molecule has 9 aromatic rings. The van der Waals surface area contributed by atoms with Crippen molar-refractivity contribution in [3.8, 4) is 50.2 Å². The number of hydrogen-bond donors (Lipinski definition) is 0. The summed E-state index contributed by atoms with van der Waals surface area (Å²) < 4.78 is 2.46. The maximum atomic E-state index is 4.17. The minimum atomic E-state index is 1.17. The largest absolute Gasteiger partial charge is 0.309 e. The predicted molar refractivity (Wildman–Crippen MR) is 196 cm³/mol. The van der Waals surface area contributed by atoms with Gasteiger partial charge < -0.3 is 4.57 Å². The number of nitrogens with zero attached hydrogens (tertiary/aromatic N) is 3. The Morgan fingerprint density at radius 1 is 0.319 bits per heavy atom. The van der Waals surface area contributed by atoms with Crippen LogP contribution >= 0.6 is 0 Å². The van der Waals surface area contributed by atoms with Crippen LogP contribution in [0.15, 0.2) is 176 Å². The van der Waals surface area contributed by atoms with E-state index in [0.29, 0.717) is 0 Å². The van der Waals surface area contributed by atoms with E-state index < -0.39 is 0 Å². The van der Waals surface area contributed by atoms with E-state index >= 15 is 0 Å². The molecule has 0 amide bonds. The third-order valence-corrected chi connectivity index (χ3v) is 9.24. The molecule has 0 unspecified atom stereocenters. The first kappa shape index (κ1) is 27.0. The van der Waals surface area contributed by atoms with E-state index in [1.807, 2.05) is 49.1 Å². The third kappa shape index (κ3) is 4.77. The molecule has 0 fully saturated rings. The van der Waals surface area contributed by atoms with Crippen LogP contribution in [0.3, 0.4) is 0 Å². The number of hydrogen-bond acceptors (Lipinski definition) is 2. The SMILES string of the molecule is c1ccc2c(-n3c4cc(-c5ccc(-c6ccncc6)cc5)ccc4c4ccc(-c5ccc(-c6ccncc6)cc5)cc43)cccc2c1. The van der Waals surface area contributed by atoms with Crippen LogP contribution in [0.4, 0.5) is 0 Å². The topological polar surface area (TPSA) is 30.7 Å². The van der Waals surface area contributed by atoms with Crippen molar-refractivity contribution in [2.45, 2.75) is 0 Å². The molecule has 0 saturated heterocycles. The number of benzene rings is 6. The molecule has 0 saturated carbocycles. The van der Waals surface area contributed by atoms with Crippen LogP contribution in [0.25, 0.3) is 82.8 Å². The van der Waals surface area contributed by atoms with Gasteiger partial charge >= 0.3 is 0 Å². The summed E-state index contributed by atoms with van der Waals surface area (Å²) in [5, 5.41) is 4.94. The average molecular weight is 600 g/mol. The first-order valence-electron chi connectivity index (χ1n) is 15.9. The zero-order chi connectivity index (χ0) is 31.2. The summed E-state index contributed by atoms with van der Waals surface area (Å²) in [6, 6.07) is 54.9. The minimum Gasteiger partial charge on any atom is -0.309 e. The number of rotatable bonds is 5. The van der Waals surface area contributed by atoms with Crippen molar-refractivity contribution < 1.29 is 0 Å². The van der Waals surface area contributed by atoms with Gasteiger partial charge in [-0.05, 0) is 92.4 Å². The summed E-state index contributed by atoms with van der Waals surface area (Å²) in [5.41, 5.74) is 13.0. The highest BCUT2D eigenvalue weighted by Gasteiger charge is 2.16. The molecule has 0 bridgehead atoms. The molecule has 9 rings (SSSR count). The van der Waals surface area contributed by atoms with Crippen molar-refractivity contribution in [3.05, 3.63) is 176 Å². The minimum absolute atomic E-state index is 1.17. The molecule has 3 aromatic heterocycles. The van der Waals surface area contributed by atoms with Crippen molar-refractivity contribution in [1.29, 1.82) is 0 Å². The Morgan fingerprint density at radius 2 is 0.723 bits per heavy atom. The second kappa shape index (κ2) is 11.2. The first-order chi connectivity index (χ1) is 23.3. The highest BCUT2D eigenvalue weighted by Crippen LogP contribution is 2.39. The maximum Gasteiger partial charge on any atom is 0.0547 e. The third-order valence-electron chi connectivity index (χ3n) is 9.24. The highest BCUT2D eigenvalue weighted by atomic mass is 15.0. The van der Waals surface area contributed by atoms with Crippen LogP contribution in [0, 0.1) is 0 Å². The molecule has 0 radical (unpaired) electrons. The average Bonchev–Trinajstić information content (AvgIpc) is 3.48. The molecule has 47 heavy (non-hydrogen) atoms. The van der Waals surface area contributed by atoms with Crippen LogP contribution < -0.4 is 0 Å². The van der Waals surface area contributed by atoms with Gasteiger partial charge in [-0.2, -0.15) is 0 Å². The van der Waals surface area contributed by atoms with Gasteiger partial charge in [-0.1, -0.05) is 109 Å². The zero-order valence-electron chi connectivity index (χ0n) is 25.6. The molecular formula is C44H29N3. The Balaban J connectivity index is 1.22. The van der Waals surface area contributed by atoms with Gasteiger partial charge in [0.05, 0.1) is 16.7 Å². The van der Waals surface area contributed by atoms with E-state index in [2.05, 4.69) is 142 Å². The quantitative estimate of drug-likeness (QED) is 0.197. The summed E-state index contributed by atoms with van der Waals surface area (Å²) in [7, 11) is 0. The van der Waals surface area contributed by atoms with Gasteiger partial charge in [0.25, 0.3) is 0 Å². The fourth-order valence-electron chi connectivity index (χ4n) is 6.84. The van der Waals surface area contributed by atoms with E-state index in [1.165, 1.54) is 82.8 Å². The van der Waals surface area contributed by atoms with Gasteiger partial charge in [-0.15, -0.1) is 0 Å². The number of aromatic nitrogens is 3. The van der Waals surface area contributed by atoms with Gasteiger partial charge in [0.1, 0.15) is 0 Å². The lowest BCUT2D eigenvalue weighted by molar-refractivity contribution is 1.20. The molecule has 220 valence electrons. The molecule has 3 nitrogen and oxygen atoms in total. The molecule has 0 aliphatic heterocycles. The first-order valence-corrected chi connectivity index (χ1v) is 15.9. The van der Waals surface area contributed by atoms with Crippen LogP contribution in [0.5, 0.6) is 0 Å². The Hall–Kier alpha value is -6.32. The lowest BCUT2D eigenvalue weighted by Gasteiger charge is -2.13. The van der Waals surface area contributed by atoms with E-state index in [0.717, 1.165) is 0 Å². The van der Waals surface area contributed by atoms with Gasteiger partial charge in [-0.3, -0.25) is 9.97 Å². The fraction of sp³-hybridized carbons (Fsp3) is 0. The van der Waals surface area contributed by atoms with Crippen molar-refractivity contribution in [1.82, 2.24) is 14.5 Å². The van der Waals surface area contributed by atoms with E-state index in [1.54, 1.807) is 0 Å². The molecular weight excluding hydrogens is 571 g/mol. The van der Waals surface area contributed by atoms with Crippen LogP contribution in [0.1, 0.15) is 0 Å². The van der Waals surface area contributed by atoms with Crippen molar-refractivity contribution in [2.75, 3.05) is 0 Å². The van der Waals surface area contributed by atoms with Gasteiger partial charge in [0, 0.05) is 40.9 Å². The molecule has 3 heterocycles. The molecule has 0 aliphatic carbocycles. The highest BCUT2D eigenvalue weighted by molar-refractivity contribution is 6.12. The lowest BCUT2D eigenvalue weighted by atomic mass is 9.99. The summed E-state index contributed by atoms with van der Waals surface area (Å²) in [5.74, 6) is 0. The molecule has 0 atom stereocenters. The van der Waals surface area contributed by atoms with Crippen molar-refractivity contribution in [2.24, 2.45) is 0 Å². The van der Waals surface area contributed by atoms with Crippen LogP contribution in [-0.4, -0.2) is 14.5 Å². The summed E-state index contributed by atoms with van der Waals surface area (Å²) in [6.45, 7) is 0. The number of fused-ring (bicyclic) bond motifs is 4. The van der Waals surface area contributed by atoms with E-state index in [4.69, 9.17) is 0 Å². The fourth-order valence-corrected chi connectivity index (χ4v) is 6.84. The van der Waals surface area contributed by atoms with Crippen molar-refractivity contribution in [3.63, 3.8) is 0 Å². The smallest absolute Gasteiger partial charge is 0.0547 e. The van der Waals surface area contributed by atoms with Gasteiger partial charge in [-0.25, -0.2) is 0 Å². The normalized spacial score (nSPS) is 11.4. The second-order valence-electron chi connectivity index (χ2n) is 11.9. The maximum absolute atomic E-state index is 4.17. The Kier molecular flexibility index (Phi) is 6.46. The summed E-state index contributed by atoms with van der Waals surface area (Å²) >= 11 is 0. The standard InChI is InChI=1S/C44H29N3/c1-2-6-39-36(4-1)5-3-7-42(39)47-43-28-37(32-12-8-30(9-13-32)34-20-24-45-25-21-34)16-18-40(43)41-19-17-38(29-44(41)47)33-14-10-31(11-15-33)35-22-26-46-27-23-35/h1-29H. The zero-order valence-corrected chi connectivity index (χ0v) is 25.6. The molecule has 0 spiro atoms. The van der Waals surface area contributed by atoms with Crippen LogP contribution in [0.2, 0.25) is 0 Å². The van der Waals surface area contributed by atoms with Gasteiger partial charge in [0.15, 0.2) is 0 Å². The molecule has 0 aliphatic rings. The van der Waals surface area contributed by atoms with E-state index in [-0.39, 0.29) is 0 Å². The second-order valence-corrected chi connectivity index (χ2v) is 11.9. The predicted octanol–water partition coefficient (Wildman–Crippen LogP) is 11.4. The summed E-state index contributed by atoms with van der Waals surface area (Å²) in [4.78, 5) is 8.34. The Labute approximate surface area is 273 Å². The monoisotopic (exact) mass is 599 g/mol. The van der Waals surface area contributed by atoms with Gasteiger partial charge in [0.2, 0.25) is 0 Å². The van der Waals surface area contributed by atoms with E-state index in [9.17, 15) is 0 Å². The Bertz CT molecular complexity index is 2390. The molecule has 0 N–H and O–H groups in total. The summed E-state index contributed by atoms with van der Waals surface area (Å²) in [6.07, 6.45) is 7.36. The number of pyridine rings is 2. The lowest BCUT2D eigenvalue weighted by Crippen LogP contribution is -1.95. The Morgan fingerprint density at radius 3 is 1.23 bits per heavy atom. The molecule has 3 heteroatoms. The molecule has 6 aromatic carbocycles.